The van der Waals surface area contributed by atoms with Gasteiger partial charge in [0.2, 0.25) is 5.78 Å². The fourth-order valence-electron chi connectivity index (χ4n) is 3.45. The number of benzene rings is 1. The zero-order valence-electron chi connectivity index (χ0n) is 16.2. The Hall–Kier alpha value is -2.98. The Morgan fingerprint density at radius 3 is 2.90 bits per heavy atom. The van der Waals surface area contributed by atoms with Crippen LogP contribution in [0, 0.1) is 0 Å². The van der Waals surface area contributed by atoms with Gasteiger partial charge in [-0.15, -0.1) is 21.5 Å². The van der Waals surface area contributed by atoms with Gasteiger partial charge in [-0.1, -0.05) is 37.2 Å². The van der Waals surface area contributed by atoms with E-state index in [0.717, 1.165) is 18.4 Å². The maximum absolute atomic E-state index is 13.0. The Balaban J connectivity index is 1.60. The lowest BCUT2D eigenvalue weighted by Gasteiger charge is -2.10. The van der Waals surface area contributed by atoms with E-state index in [4.69, 9.17) is 0 Å². The third-order valence-corrected chi connectivity index (χ3v) is 6.64. The zero-order chi connectivity index (χ0) is 20.7. The number of aromatic nitrogens is 6. The summed E-state index contributed by atoms with van der Waals surface area (Å²) in [6.45, 7) is 2.69. The van der Waals surface area contributed by atoms with E-state index in [0.29, 0.717) is 39.3 Å². The molecular weight excluding hydrogens is 420 g/mol. The molecule has 1 aromatic carbocycles. The van der Waals surface area contributed by atoms with Gasteiger partial charge >= 0.3 is 0 Å². The molecule has 152 valence electrons. The summed E-state index contributed by atoms with van der Waals surface area (Å²) in [5, 5.41) is 11.8. The van der Waals surface area contributed by atoms with Crippen LogP contribution in [-0.2, 0) is 12.3 Å². The van der Waals surface area contributed by atoms with E-state index >= 15 is 0 Å². The Labute approximate surface area is 178 Å². The molecule has 0 amide bonds. The number of rotatable bonds is 6. The van der Waals surface area contributed by atoms with Crippen LogP contribution in [0.3, 0.4) is 0 Å². The highest BCUT2D eigenvalue weighted by Crippen LogP contribution is 2.24. The van der Waals surface area contributed by atoms with Crippen molar-refractivity contribution in [3.8, 4) is 0 Å². The molecule has 0 aliphatic heterocycles. The number of hydrogen-bond donors (Lipinski definition) is 0. The summed E-state index contributed by atoms with van der Waals surface area (Å²) in [7, 11) is 0. The lowest BCUT2D eigenvalue weighted by atomic mass is 10.2. The fourth-order valence-corrected chi connectivity index (χ4v) is 5.02. The molecule has 0 unspecified atom stereocenters. The van der Waals surface area contributed by atoms with Gasteiger partial charge in [-0.25, -0.2) is 4.98 Å². The molecule has 0 atom stereocenters. The van der Waals surface area contributed by atoms with Crippen molar-refractivity contribution in [3.05, 3.63) is 68.3 Å². The summed E-state index contributed by atoms with van der Waals surface area (Å²) in [5.41, 5.74) is 1.32. The highest BCUT2D eigenvalue weighted by atomic mass is 32.2. The van der Waals surface area contributed by atoms with Crippen LogP contribution in [0.15, 0.2) is 56.7 Å². The minimum Gasteiger partial charge on any atom is -0.276 e. The summed E-state index contributed by atoms with van der Waals surface area (Å²) < 4.78 is 5.16. The van der Waals surface area contributed by atoms with Crippen LogP contribution < -0.4 is 11.1 Å². The largest absolute Gasteiger partial charge is 0.276 e. The van der Waals surface area contributed by atoms with Crippen molar-refractivity contribution in [1.29, 1.82) is 0 Å². The maximum Gasteiger partial charge on any atom is 0.262 e. The van der Waals surface area contributed by atoms with Gasteiger partial charge in [-0.2, -0.15) is 0 Å². The first-order chi connectivity index (χ1) is 14.7. The van der Waals surface area contributed by atoms with Gasteiger partial charge in [0.25, 0.3) is 11.1 Å². The lowest BCUT2D eigenvalue weighted by molar-refractivity contribution is 0.620. The van der Waals surface area contributed by atoms with E-state index in [1.165, 1.54) is 27.5 Å². The van der Waals surface area contributed by atoms with Gasteiger partial charge in [-0.05, 0) is 18.6 Å². The van der Waals surface area contributed by atoms with Crippen LogP contribution >= 0.6 is 23.1 Å². The van der Waals surface area contributed by atoms with Gasteiger partial charge in [0, 0.05) is 29.9 Å². The number of thioether (sulfide) groups is 1. The average molecular weight is 439 g/mol. The van der Waals surface area contributed by atoms with Gasteiger partial charge in [0.1, 0.15) is 0 Å². The SMILES string of the molecule is CCCCn1c(=O)c2ccccc2n2c(SCc3cc(=O)n4ccsc4n3)nnc12. The van der Waals surface area contributed by atoms with Gasteiger partial charge < -0.3 is 0 Å². The molecule has 8 nitrogen and oxygen atoms in total. The highest BCUT2D eigenvalue weighted by molar-refractivity contribution is 7.98. The second kappa shape index (κ2) is 7.69. The van der Waals surface area contributed by atoms with Crippen molar-refractivity contribution >= 4 is 44.7 Å². The number of unbranched alkanes of at least 4 members (excludes halogenated alkanes) is 1. The minimum absolute atomic E-state index is 0.0478. The second-order valence-electron chi connectivity index (χ2n) is 6.88. The summed E-state index contributed by atoms with van der Waals surface area (Å²) in [6.07, 6.45) is 3.59. The number of aryl methyl sites for hydroxylation is 1. The van der Waals surface area contributed by atoms with E-state index in [1.54, 1.807) is 16.8 Å². The summed E-state index contributed by atoms with van der Waals surface area (Å²) in [4.78, 5) is 30.5. The smallest absolute Gasteiger partial charge is 0.262 e. The molecule has 5 aromatic rings. The van der Waals surface area contributed by atoms with Crippen molar-refractivity contribution in [2.45, 2.75) is 37.2 Å². The van der Waals surface area contributed by atoms with Crippen LogP contribution in [0.2, 0.25) is 0 Å². The number of nitrogens with zero attached hydrogens (tertiary/aromatic N) is 6. The lowest BCUT2D eigenvalue weighted by Crippen LogP contribution is -2.23. The molecule has 0 aliphatic rings. The van der Waals surface area contributed by atoms with Gasteiger partial charge in [-0.3, -0.25) is 23.0 Å². The van der Waals surface area contributed by atoms with Crippen LogP contribution in [0.25, 0.3) is 21.6 Å². The molecule has 0 saturated heterocycles. The van der Waals surface area contributed by atoms with Crippen LogP contribution in [0.4, 0.5) is 0 Å². The number of hydrogen-bond acceptors (Lipinski definition) is 7. The van der Waals surface area contributed by atoms with E-state index in [9.17, 15) is 9.59 Å². The summed E-state index contributed by atoms with van der Waals surface area (Å²) in [6, 6.07) is 9.06. The Bertz CT molecular complexity index is 1500. The van der Waals surface area contributed by atoms with Gasteiger partial charge in [0.15, 0.2) is 10.1 Å². The Kier molecular flexibility index (Phi) is 4.87. The normalized spacial score (nSPS) is 11.8. The Morgan fingerprint density at radius 1 is 1.17 bits per heavy atom. The van der Waals surface area contributed by atoms with E-state index in [-0.39, 0.29) is 11.1 Å². The summed E-state index contributed by atoms with van der Waals surface area (Å²) in [5.74, 6) is 1.02. The molecule has 0 saturated carbocycles. The second-order valence-corrected chi connectivity index (χ2v) is 8.69. The monoisotopic (exact) mass is 438 g/mol. The maximum atomic E-state index is 13.0. The Morgan fingerprint density at radius 2 is 2.03 bits per heavy atom. The molecule has 0 radical (unpaired) electrons. The van der Waals surface area contributed by atoms with Crippen LogP contribution in [0.5, 0.6) is 0 Å². The molecule has 0 aliphatic carbocycles. The van der Waals surface area contributed by atoms with E-state index < -0.39 is 0 Å². The third kappa shape index (κ3) is 3.12. The zero-order valence-corrected chi connectivity index (χ0v) is 17.8. The number of para-hydroxylation sites is 1. The van der Waals surface area contributed by atoms with Gasteiger partial charge in [0.05, 0.1) is 16.6 Å². The molecule has 0 spiro atoms. The molecule has 30 heavy (non-hydrogen) atoms. The fraction of sp³-hybridized carbons (Fsp3) is 0.250. The average Bonchev–Trinajstić information content (AvgIpc) is 3.40. The highest BCUT2D eigenvalue weighted by Gasteiger charge is 2.17. The standard InChI is InChI=1S/C20H18N6O2S2/c1-2-3-8-25-17(28)14-6-4-5-7-15(14)26-18(25)22-23-20(26)30-12-13-11-16(27)24-9-10-29-19(24)21-13/h4-7,9-11H,2-3,8,12H2,1H3. The van der Waals surface area contributed by atoms with Crippen LogP contribution in [0.1, 0.15) is 25.5 Å². The topological polar surface area (TPSA) is 86.6 Å². The van der Waals surface area contributed by atoms with Crippen LogP contribution in [-0.4, -0.2) is 28.5 Å². The van der Waals surface area contributed by atoms with E-state index in [1.807, 2.05) is 34.0 Å². The van der Waals surface area contributed by atoms with Crippen molar-refractivity contribution in [1.82, 2.24) is 28.5 Å². The molecule has 0 fully saturated rings. The first-order valence-corrected chi connectivity index (χ1v) is 11.5. The van der Waals surface area contributed by atoms with Crippen molar-refractivity contribution in [3.63, 3.8) is 0 Å². The van der Waals surface area contributed by atoms with Crippen molar-refractivity contribution < 1.29 is 0 Å². The predicted octanol–water partition coefficient (Wildman–Crippen LogP) is 3.21. The molecule has 4 heterocycles. The predicted molar refractivity (Wildman–Crippen MR) is 119 cm³/mol. The molecule has 0 bridgehead atoms. The summed E-state index contributed by atoms with van der Waals surface area (Å²) >= 11 is 2.88. The first kappa shape index (κ1) is 19.0. The molecular formula is C20H18N6O2S2. The van der Waals surface area contributed by atoms with E-state index in [2.05, 4.69) is 22.1 Å². The molecule has 0 N–H and O–H groups in total. The molecule has 10 heteroatoms. The van der Waals surface area contributed by atoms with Crippen molar-refractivity contribution in [2.24, 2.45) is 0 Å². The minimum atomic E-state index is -0.0956. The van der Waals surface area contributed by atoms with Crippen molar-refractivity contribution in [2.75, 3.05) is 0 Å². The first-order valence-electron chi connectivity index (χ1n) is 9.62. The molecule has 4 aromatic heterocycles. The molecule has 5 rings (SSSR count). The number of fused-ring (bicyclic) bond motifs is 4. The third-order valence-electron chi connectivity index (χ3n) is 4.92. The quantitative estimate of drug-likeness (QED) is 0.379. The number of thiazole rings is 1.